The number of aryl methyl sites for hydroxylation is 2. The molecule has 0 saturated heterocycles. The minimum absolute atomic E-state index is 0.334. The average Bonchev–Trinajstić information content (AvgIpc) is 2.32. The number of nitrogens with one attached hydrogen (secondary N) is 1. The fraction of sp³-hybridized carbons (Fsp3) is 0.647. The van der Waals surface area contributed by atoms with E-state index in [1.807, 2.05) is 0 Å². The summed E-state index contributed by atoms with van der Waals surface area (Å²) in [6.07, 6.45) is 5.49. The summed E-state index contributed by atoms with van der Waals surface area (Å²) in [6, 6.07) is 7.05. The Morgan fingerprint density at radius 1 is 1.32 bits per heavy atom. The Kier molecular flexibility index (Phi) is 5.41. The summed E-state index contributed by atoms with van der Waals surface area (Å²) in [5, 5.41) is 3.62. The number of hydrogen-bond acceptors (Lipinski definition) is 2. The second-order valence-electron chi connectivity index (χ2n) is 5.75. The van der Waals surface area contributed by atoms with Gasteiger partial charge in [0.1, 0.15) is 0 Å². The molecular formula is C17H27NO. The van der Waals surface area contributed by atoms with Crippen LogP contribution >= 0.6 is 0 Å². The predicted octanol–water partition coefficient (Wildman–Crippen LogP) is 3.91. The van der Waals surface area contributed by atoms with Gasteiger partial charge in [-0.15, -0.1) is 0 Å². The van der Waals surface area contributed by atoms with Crippen LogP contribution in [0.25, 0.3) is 0 Å². The van der Waals surface area contributed by atoms with Gasteiger partial charge in [-0.1, -0.05) is 30.7 Å². The fourth-order valence-corrected chi connectivity index (χ4v) is 2.56. The maximum atomic E-state index is 6.01. The second kappa shape index (κ2) is 7.06. The van der Waals surface area contributed by atoms with Gasteiger partial charge in [0.2, 0.25) is 0 Å². The SMILES string of the molecule is CCCNC(COC1CCC1)c1ccc(C)cc1C. The lowest BCUT2D eigenvalue weighted by Gasteiger charge is -2.29. The maximum absolute atomic E-state index is 6.01. The summed E-state index contributed by atoms with van der Waals surface area (Å²) < 4.78 is 6.01. The molecule has 1 N–H and O–H groups in total. The lowest BCUT2D eigenvalue weighted by molar-refractivity contribution is -0.00883. The molecule has 0 amide bonds. The van der Waals surface area contributed by atoms with Gasteiger partial charge in [-0.2, -0.15) is 0 Å². The van der Waals surface area contributed by atoms with Crippen molar-refractivity contribution in [1.82, 2.24) is 5.32 Å². The molecule has 2 heteroatoms. The van der Waals surface area contributed by atoms with E-state index in [9.17, 15) is 0 Å². The van der Waals surface area contributed by atoms with Crippen molar-refractivity contribution in [2.75, 3.05) is 13.2 Å². The van der Waals surface area contributed by atoms with Crippen molar-refractivity contribution in [3.8, 4) is 0 Å². The molecule has 0 heterocycles. The summed E-state index contributed by atoms with van der Waals surface area (Å²) in [6.45, 7) is 8.40. The molecule has 1 aliphatic rings. The molecule has 0 aliphatic heterocycles. The smallest absolute Gasteiger partial charge is 0.0665 e. The van der Waals surface area contributed by atoms with E-state index in [4.69, 9.17) is 4.74 Å². The number of ether oxygens (including phenoxy) is 1. The molecule has 1 aromatic carbocycles. The van der Waals surface area contributed by atoms with Gasteiger partial charge < -0.3 is 10.1 Å². The first-order valence-electron chi connectivity index (χ1n) is 7.63. The fourth-order valence-electron chi connectivity index (χ4n) is 2.56. The van der Waals surface area contributed by atoms with Crippen LogP contribution in [-0.4, -0.2) is 19.3 Å². The molecule has 0 radical (unpaired) electrons. The number of hydrogen-bond donors (Lipinski definition) is 1. The van der Waals surface area contributed by atoms with Gasteiger partial charge in [0, 0.05) is 0 Å². The van der Waals surface area contributed by atoms with E-state index in [2.05, 4.69) is 44.3 Å². The van der Waals surface area contributed by atoms with Crippen LogP contribution in [0.2, 0.25) is 0 Å². The van der Waals surface area contributed by atoms with E-state index >= 15 is 0 Å². The molecular weight excluding hydrogens is 234 g/mol. The zero-order chi connectivity index (χ0) is 13.7. The molecule has 1 saturated carbocycles. The lowest BCUT2D eigenvalue weighted by atomic mass is 9.95. The van der Waals surface area contributed by atoms with Crippen molar-refractivity contribution in [1.29, 1.82) is 0 Å². The molecule has 1 aliphatic carbocycles. The first kappa shape index (κ1) is 14.5. The summed E-state index contributed by atoms with van der Waals surface area (Å²) in [5.74, 6) is 0. The standard InChI is InChI=1S/C17H27NO/c1-4-10-18-17(12-19-15-6-5-7-15)16-9-8-13(2)11-14(16)3/h8-9,11,15,17-18H,4-7,10,12H2,1-3H3. The van der Waals surface area contributed by atoms with Gasteiger partial charge in [-0.25, -0.2) is 0 Å². The van der Waals surface area contributed by atoms with Crippen LogP contribution in [0.15, 0.2) is 18.2 Å². The van der Waals surface area contributed by atoms with Gasteiger partial charge in [-0.3, -0.25) is 0 Å². The highest BCUT2D eigenvalue weighted by Gasteiger charge is 2.21. The van der Waals surface area contributed by atoms with Gasteiger partial charge in [0.15, 0.2) is 0 Å². The monoisotopic (exact) mass is 261 g/mol. The predicted molar refractivity (Wildman–Crippen MR) is 80.5 cm³/mol. The first-order valence-corrected chi connectivity index (χ1v) is 7.63. The van der Waals surface area contributed by atoms with Crippen LogP contribution in [0.5, 0.6) is 0 Å². The van der Waals surface area contributed by atoms with Crippen LogP contribution in [-0.2, 0) is 4.74 Å². The zero-order valence-electron chi connectivity index (χ0n) is 12.5. The Morgan fingerprint density at radius 2 is 2.11 bits per heavy atom. The number of benzene rings is 1. The molecule has 1 aromatic rings. The van der Waals surface area contributed by atoms with Crippen LogP contribution in [0.3, 0.4) is 0 Å². The van der Waals surface area contributed by atoms with Crippen molar-refractivity contribution in [2.24, 2.45) is 0 Å². The number of rotatable bonds is 7. The van der Waals surface area contributed by atoms with Crippen molar-refractivity contribution >= 4 is 0 Å². The Bertz CT molecular complexity index is 398. The molecule has 1 fully saturated rings. The maximum Gasteiger partial charge on any atom is 0.0665 e. The third kappa shape index (κ3) is 4.05. The molecule has 1 unspecified atom stereocenters. The molecule has 2 nitrogen and oxygen atoms in total. The summed E-state index contributed by atoms with van der Waals surface area (Å²) in [5.41, 5.74) is 4.08. The third-order valence-corrected chi connectivity index (χ3v) is 3.99. The van der Waals surface area contributed by atoms with Crippen molar-refractivity contribution in [2.45, 2.75) is 58.6 Å². The Balaban J connectivity index is 2.01. The lowest BCUT2D eigenvalue weighted by Crippen LogP contribution is -2.31. The Hall–Kier alpha value is -0.860. The van der Waals surface area contributed by atoms with Gasteiger partial charge in [0.05, 0.1) is 18.8 Å². The van der Waals surface area contributed by atoms with E-state index < -0.39 is 0 Å². The van der Waals surface area contributed by atoms with E-state index in [-0.39, 0.29) is 0 Å². The summed E-state index contributed by atoms with van der Waals surface area (Å²) in [7, 11) is 0. The van der Waals surface area contributed by atoms with Crippen molar-refractivity contribution < 1.29 is 4.74 Å². The highest BCUT2D eigenvalue weighted by Crippen LogP contribution is 2.25. The van der Waals surface area contributed by atoms with Gasteiger partial charge in [0.25, 0.3) is 0 Å². The molecule has 2 rings (SSSR count). The Morgan fingerprint density at radius 3 is 2.68 bits per heavy atom. The minimum atomic E-state index is 0.334. The zero-order valence-corrected chi connectivity index (χ0v) is 12.5. The third-order valence-electron chi connectivity index (χ3n) is 3.99. The molecule has 0 spiro atoms. The van der Waals surface area contributed by atoms with Crippen molar-refractivity contribution in [3.05, 3.63) is 34.9 Å². The largest absolute Gasteiger partial charge is 0.376 e. The highest BCUT2D eigenvalue weighted by molar-refractivity contribution is 5.32. The first-order chi connectivity index (χ1) is 9.20. The average molecular weight is 261 g/mol. The van der Waals surface area contributed by atoms with E-state index in [0.717, 1.165) is 19.6 Å². The molecule has 106 valence electrons. The van der Waals surface area contributed by atoms with Crippen LogP contribution in [0, 0.1) is 13.8 Å². The minimum Gasteiger partial charge on any atom is -0.376 e. The van der Waals surface area contributed by atoms with Crippen LogP contribution in [0.1, 0.15) is 55.3 Å². The quantitative estimate of drug-likeness (QED) is 0.803. The second-order valence-corrected chi connectivity index (χ2v) is 5.75. The normalized spacial score (nSPS) is 17.2. The van der Waals surface area contributed by atoms with E-state index in [1.54, 1.807) is 0 Å². The summed E-state index contributed by atoms with van der Waals surface area (Å²) >= 11 is 0. The highest BCUT2D eigenvalue weighted by atomic mass is 16.5. The molecule has 19 heavy (non-hydrogen) atoms. The van der Waals surface area contributed by atoms with E-state index in [1.165, 1.54) is 36.0 Å². The Labute approximate surface area is 117 Å². The van der Waals surface area contributed by atoms with E-state index in [0.29, 0.717) is 12.1 Å². The molecule has 0 bridgehead atoms. The van der Waals surface area contributed by atoms with Gasteiger partial charge >= 0.3 is 0 Å². The van der Waals surface area contributed by atoms with Gasteiger partial charge in [-0.05, 0) is 57.2 Å². The molecule has 0 aromatic heterocycles. The summed E-state index contributed by atoms with van der Waals surface area (Å²) in [4.78, 5) is 0. The van der Waals surface area contributed by atoms with Crippen LogP contribution in [0.4, 0.5) is 0 Å². The topological polar surface area (TPSA) is 21.3 Å². The van der Waals surface area contributed by atoms with Crippen LogP contribution < -0.4 is 5.32 Å². The van der Waals surface area contributed by atoms with Crippen molar-refractivity contribution in [3.63, 3.8) is 0 Å². The molecule has 1 atom stereocenters.